The molecule has 2 aromatic rings. The molecule has 0 aliphatic carbocycles. The lowest BCUT2D eigenvalue weighted by Gasteiger charge is -2.03. The van der Waals surface area contributed by atoms with Gasteiger partial charge in [0.05, 0.1) is 6.20 Å². The van der Waals surface area contributed by atoms with Crippen molar-refractivity contribution in [3.63, 3.8) is 0 Å². The molecule has 0 aliphatic heterocycles. The molecule has 0 spiro atoms. The van der Waals surface area contributed by atoms with Crippen LogP contribution in [0, 0.1) is 17.9 Å². The van der Waals surface area contributed by atoms with Crippen LogP contribution in [0.25, 0.3) is 5.69 Å². The summed E-state index contributed by atoms with van der Waals surface area (Å²) in [5.74, 6) is -0.310. The number of aromatic nitrogens is 2. The Bertz CT molecular complexity index is 448. The lowest BCUT2D eigenvalue weighted by atomic mass is 10.3. The van der Waals surface area contributed by atoms with Gasteiger partial charge in [-0.2, -0.15) is 0 Å². The quantitative estimate of drug-likeness (QED) is 0.498. The Kier molecular flexibility index (Phi) is 1.96. The first-order valence-electron chi connectivity index (χ1n) is 4.22. The van der Waals surface area contributed by atoms with Gasteiger partial charge in [-0.15, -0.1) is 4.68 Å². The van der Waals surface area contributed by atoms with E-state index in [-0.39, 0.29) is 5.82 Å². The van der Waals surface area contributed by atoms with Crippen LogP contribution < -0.4 is 4.85 Å². The first-order valence-corrected chi connectivity index (χ1v) is 4.22. The first-order chi connectivity index (χ1) is 6.68. The van der Waals surface area contributed by atoms with Crippen LogP contribution in [0.3, 0.4) is 0 Å². The number of halogens is 1. The van der Waals surface area contributed by atoms with Gasteiger partial charge in [0.2, 0.25) is 5.69 Å². The summed E-state index contributed by atoms with van der Waals surface area (Å²) in [6, 6.07) is 7.47. The highest BCUT2D eigenvalue weighted by atomic mass is 19.1. The standard InChI is InChI=1S/C10H9FN2O/c1-8-6-7-12(13(8)14)10-4-2-9(11)3-5-10/h2-7H,1H3. The SMILES string of the molecule is Cc1ccn(-c2ccc(F)cc2)[n+]1[O-]. The van der Waals surface area contributed by atoms with Crippen LogP contribution in [-0.2, 0) is 0 Å². The largest absolute Gasteiger partial charge is 0.595 e. The zero-order valence-corrected chi connectivity index (χ0v) is 7.64. The van der Waals surface area contributed by atoms with Crippen LogP contribution in [0.5, 0.6) is 0 Å². The van der Waals surface area contributed by atoms with Gasteiger partial charge in [-0.1, -0.05) is 4.85 Å². The Hall–Kier alpha value is -1.84. The Labute approximate surface area is 80.6 Å². The van der Waals surface area contributed by atoms with Gasteiger partial charge in [0.25, 0.3) is 0 Å². The summed E-state index contributed by atoms with van der Waals surface area (Å²) in [6.07, 6.45) is 1.65. The van der Waals surface area contributed by atoms with Crippen LogP contribution >= 0.6 is 0 Å². The van der Waals surface area contributed by atoms with Gasteiger partial charge in [0.15, 0.2) is 0 Å². The molecule has 0 fully saturated rings. The average molecular weight is 192 g/mol. The van der Waals surface area contributed by atoms with E-state index in [4.69, 9.17) is 0 Å². The lowest BCUT2D eigenvalue weighted by molar-refractivity contribution is -0.689. The normalized spacial score (nSPS) is 10.4. The van der Waals surface area contributed by atoms with Crippen LogP contribution in [0.15, 0.2) is 36.5 Å². The maximum atomic E-state index is 12.6. The highest BCUT2D eigenvalue weighted by molar-refractivity contribution is 5.29. The minimum atomic E-state index is -0.310. The Morgan fingerprint density at radius 1 is 1.21 bits per heavy atom. The lowest BCUT2D eigenvalue weighted by Crippen LogP contribution is -2.38. The summed E-state index contributed by atoms with van der Waals surface area (Å²) in [6.45, 7) is 1.72. The van der Waals surface area contributed by atoms with E-state index in [9.17, 15) is 9.60 Å². The smallest absolute Gasteiger partial charge is 0.218 e. The van der Waals surface area contributed by atoms with E-state index in [0.29, 0.717) is 11.4 Å². The molecule has 0 atom stereocenters. The summed E-state index contributed by atoms with van der Waals surface area (Å²) in [4.78, 5) is 0.757. The maximum Gasteiger partial charge on any atom is 0.218 e. The molecule has 1 heterocycles. The van der Waals surface area contributed by atoms with E-state index in [1.54, 1.807) is 31.3 Å². The van der Waals surface area contributed by atoms with Gasteiger partial charge < -0.3 is 5.21 Å². The summed E-state index contributed by atoms with van der Waals surface area (Å²) in [7, 11) is 0. The number of hydrogen-bond donors (Lipinski definition) is 0. The van der Waals surface area contributed by atoms with Crippen molar-refractivity contribution >= 4 is 0 Å². The predicted octanol–water partition coefficient (Wildman–Crippen LogP) is 1.56. The van der Waals surface area contributed by atoms with Gasteiger partial charge in [-0.05, 0) is 24.3 Å². The number of aryl methyl sites for hydroxylation is 1. The fraction of sp³-hybridized carbons (Fsp3) is 0.100. The third-order valence-electron chi connectivity index (χ3n) is 2.05. The Morgan fingerprint density at radius 3 is 2.36 bits per heavy atom. The van der Waals surface area contributed by atoms with E-state index in [0.717, 1.165) is 4.85 Å². The van der Waals surface area contributed by atoms with Gasteiger partial charge in [-0.3, -0.25) is 0 Å². The van der Waals surface area contributed by atoms with Crippen molar-refractivity contribution in [2.75, 3.05) is 0 Å². The molecule has 0 saturated carbocycles. The first kappa shape index (κ1) is 8.74. The molecule has 1 aromatic heterocycles. The molecule has 0 N–H and O–H groups in total. The van der Waals surface area contributed by atoms with E-state index in [1.165, 1.54) is 16.8 Å². The summed E-state index contributed by atoms with van der Waals surface area (Å²) >= 11 is 0. The fourth-order valence-electron chi connectivity index (χ4n) is 1.26. The van der Waals surface area contributed by atoms with Crippen LogP contribution in [0.4, 0.5) is 4.39 Å². The fourth-order valence-corrected chi connectivity index (χ4v) is 1.26. The number of rotatable bonds is 1. The average Bonchev–Trinajstić information content (AvgIpc) is 2.50. The Balaban J connectivity index is 2.49. The minimum Gasteiger partial charge on any atom is -0.595 e. The monoisotopic (exact) mass is 192 g/mol. The summed E-state index contributed by atoms with van der Waals surface area (Å²) in [5.41, 5.74) is 1.25. The molecule has 4 heteroatoms. The van der Waals surface area contributed by atoms with Gasteiger partial charge in [0, 0.05) is 13.0 Å². The number of nitrogens with zero attached hydrogens (tertiary/aromatic N) is 2. The molecule has 0 aliphatic rings. The second-order valence-corrected chi connectivity index (χ2v) is 3.05. The molecule has 0 radical (unpaired) electrons. The Morgan fingerprint density at radius 2 is 1.86 bits per heavy atom. The third kappa shape index (κ3) is 1.35. The molecule has 0 saturated heterocycles. The highest BCUT2D eigenvalue weighted by Gasteiger charge is 2.07. The van der Waals surface area contributed by atoms with Crippen LogP contribution in [0.2, 0.25) is 0 Å². The molecule has 0 amide bonds. The van der Waals surface area contributed by atoms with E-state index in [1.807, 2.05) is 0 Å². The topological polar surface area (TPSA) is 31.9 Å². The summed E-state index contributed by atoms with van der Waals surface area (Å²) < 4.78 is 14.0. The van der Waals surface area contributed by atoms with Crippen molar-refractivity contribution < 1.29 is 9.24 Å². The molecular formula is C10H9FN2O. The zero-order chi connectivity index (χ0) is 10.1. The molecule has 1 aromatic carbocycles. The van der Waals surface area contributed by atoms with Crippen molar-refractivity contribution in [3.05, 3.63) is 53.2 Å². The van der Waals surface area contributed by atoms with Gasteiger partial charge in [0.1, 0.15) is 11.5 Å². The van der Waals surface area contributed by atoms with Crippen LogP contribution in [-0.4, -0.2) is 4.68 Å². The molecule has 2 rings (SSSR count). The predicted molar refractivity (Wildman–Crippen MR) is 49.4 cm³/mol. The molecule has 72 valence electrons. The molecular weight excluding hydrogens is 183 g/mol. The van der Waals surface area contributed by atoms with Crippen molar-refractivity contribution in [2.45, 2.75) is 6.92 Å². The van der Waals surface area contributed by atoms with Crippen LogP contribution in [0.1, 0.15) is 5.69 Å². The second-order valence-electron chi connectivity index (χ2n) is 3.05. The van der Waals surface area contributed by atoms with E-state index < -0.39 is 0 Å². The molecule has 14 heavy (non-hydrogen) atoms. The number of hydrogen-bond acceptors (Lipinski definition) is 1. The zero-order valence-electron chi connectivity index (χ0n) is 7.64. The van der Waals surface area contributed by atoms with E-state index in [2.05, 4.69) is 0 Å². The molecule has 3 nitrogen and oxygen atoms in total. The highest BCUT2D eigenvalue weighted by Crippen LogP contribution is 2.07. The summed E-state index contributed by atoms with van der Waals surface area (Å²) in [5, 5.41) is 11.4. The van der Waals surface area contributed by atoms with Crippen molar-refractivity contribution in [1.82, 2.24) is 4.68 Å². The van der Waals surface area contributed by atoms with Gasteiger partial charge >= 0.3 is 0 Å². The van der Waals surface area contributed by atoms with Gasteiger partial charge in [-0.25, -0.2) is 4.39 Å². The van der Waals surface area contributed by atoms with Crippen molar-refractivity contribution in [2.24, 2.45) is 0 Å². The van der Waals surface area contributed by atoms with E-state index >= 15 is 0 Å². The van der Waals surface area contributed by atoms with Crippen molar-refractivity contribution in [3.8, 4) is 5.69 Å². The minimum absolute atomic E-state index is 0.310. The third-order valence-corrected chi connectivity index (χ3v) is 2.05. The number of benzene rings is 1. The second kappa shape index (κ2) is 3.14. The molecule has 0 unspecified atom stereocenters. The molecule has 0 bridgehead atoms. The maximum absolute atomic E-state index is 12.6. The van der Waals surface area contributed by atoms with Crippen molar-refractivity contribution in [1.29, 1.82) is 0 Å².